The van der Waals surface area contributed by atoms with Crippen molar-refractivity contribution in [2.24, 2.45) is 0 Å². The predicted molar refractivity (Wildman–Crippen MR) is 65.5 cm³/mol. The number of pyridine rings is 1. The molecule has 0 spiro atoms. The van der Waals surface area contributed by atoms with E-state index >= 15 is 0 Å². The Morgan fingerprint density at radius 3 is 3.06 bits per heavy atom. The smallest absolute Gasteiger partial charge is 0.259 e. The molecule has 3 nitrogen and oxygen atoms in total. The Bertz CT molecular complexity index is 576. The lowest BCUT2D eigenvalue weighted by Crippen LogP contribution is -2.18. The molecule has 0 atom stereocenters. The van der Waals surface area contributed by atoms with E-state index in [-0.39, 0.29) is 5.56 Å². The summed E-state index contributed by atoms with van der Waals surface area (Å²) in [5, 5.41) is 11.1. The number of rotatable bonds is 4. The van der Waals surface area contributed by atoms with E-state index in [1.165, 1.54) is 0 Å². The van der Waals surface area contributed by atoms with Crippen LogP contribution in [0.4, 0.5) is 0 Å². The van der Waals surface area contributed by atoms with Gasteiger partial charge in [0.05, 0.1) is 11.5 Å². The molecule has 16 heavy (non-hydrogen) atoms. The van der Waals surface area contributed by atoms with Crippen molar-refractivity contribution in [1.29, 1.82) is 5.26 Å². The van der Waals surface area contributed by atoms with Crippen LogP contribution in [0.3, 0.4) is 0 Å². The molecule has 2 aromatic rings. The fraction of sp³-hybridized carbons (Fsp3) is 0.333. The second kappa shape index (κ2) is 4.95. The summed E-state index contributed by atoms with van der Waals surface area (Å²) in [4.78, 5) is 12.0. The van der Waals surface area contributed by atoms with Crippen molar-refractivity contribution >= 4 is 21.4 Å². The monoisotopic (exact) mass is 232 g/mol. The van der Waals surface area contributed by atoms with Crippen LogP contribution >= 0.6 is 11.3 Å². The molecule has 82 valence electrons. The van der Waals surface area contributed by atoms with Gasteiger partial charge in [-0.3, -0.25) is 4.79 Å². The average molecular weight is 232 g/mol. The summed E-state index contributed by atoms with van der Waals surface area (Å²) in [7, 11) is 0. The van der Waals surface area contributed by atoms with Crippen molar-refractivity contribution in [3.05, 3.63) is 34.1 Å². The molecule has 2 aromatic heterocycles. The van der Waals surface area contributed by atoms with Gasteiger partial charge < -0.3 is 4.57 Å². The molecule has 0 N–H and O–H groups in total. The maximum atomic E-state index is 12.0. The molecule has 0 aliphatic heterocycles. The van der Waals surface area contributed by atoms with Gasteiger partial charge in [0.2, 0.25) is 0 Å². The molecule has 0 amide bonds. The minimum atomic E-state index is 0.0794. The molecule has 0 aliphatic rings. The van der Waals surface area contributed by atoms with Gasteiger partial charge >= 0.3 is 0 Å². The summed E-state index contributed by atoms with van der Waals surface area (Å²) in [5.41, 5.74) is 0.0794. The summed E-state index contributed by atoms with van der Waals surface area (Å²) in [5.74, 6) is 0. The first-order chi connectivity index (χ1) is 7.83. The van der Waals surface area contributed by atoms with Crippen molar-refractivity contribution in [2.45, 2.75) is 25.8 Å². The topological polar surface area (TPSA) is 45.8 Å². The first-order valence-electron chi connectivity index (χ1n) is 5.26. The summed E-state index contributed by atoms with van der Waals surface area (Å²) in [6.07, 6.45) is 4.14. The van der Waals surface area contributed by atoms with Crippen molar-refractivity contribution in [2.75, 3.05) is 0 Å². The van der Waals surface area contributed by atoms with Gasteiger partial charge in [0, 0.05) is 23.9 Å². The van der Waals surface area contributed by atoms with E-state index in [9.17, 15) is 4.79 Å². The van der Waals surface area contributed by atoms with Crippen LogP contribution in [0.5, 0.6) is 0 Å². The number of nitrogens with zero attached hydrogens (tertiary/aromatic N) is 2. The number of hydrogen-bond acceptors (Lipinski definition) is 3. The minimum Gasteiger partial charge on any atom is -0.315 e. The van der Waals surface area contributed by atoms with Crippen LogP contribution in [-0.2, 0) is 6.54 Å². The molecule has 0 aromatic carbocycles. The SMILES string of the molecule is N#CCCCCn1ccc2sccc2c1=O. The molecule has 4 heteroatoms. The Morgan fingerprint density at radius 1 is 1.38 bits per heavy atom. The highest BCUT2D eigenvalue weighted by Crippen LogP contribution is 2.16. The molecule has 0 aliphatic carbocycles. The van der Waals surface area contributed by atoms with Crippen molar-refractivity contribution in [1.82, 2.24) is 4.57 Å². The molecule has 0 unspecified atom stereocenters. The third-order valence-electron chi connectivity index (χ3n) is 2.53. The van der Waals surface area contributed by atoms with E-state index in [4.69, 9.17) is 5.26 Å². The summed E-state index contributed by atoms with van der Waals surface area (Å²) < 4.78 is 2.77. The number of fused-ring (bicyclic) bond motifs is 1. The first-order valence-corrected chi connectivity index (χ1v) is 6.14. The van der Waals surface area contributed by atoms with Gasteiger partial charge in [-0.25, -0.2) is 0 Å². The molecule has 0 saturated carbocycles. The molecule has 2 rings (SSSR count). The normalized spacial score (nSPS) is 10.4. The van der Waals surface area contributed by atoms with Gasteiger partial charge in [0.25, 0.3) is 5.56 Å². The highest BCUT2D eigenvalue weighted by molar-refractivity contribution is 7.17. The maximum absolute atomic E-state index is 12.0. The van der Waals surface area contributed by atoms with E-state index in [0.717, 1.165) is 22.9 Å². The molecular formula is C12H12N2OS. The molecule has 0 saturated heterocycles. The molecule has 0 radical (unpaired) electrons. The number of aryl methyl sites for hydroxylation is 1. The van der Waals surface area contributed by atoms with Gasteiger partial charge in [-0.15, -0.1) is 11.3 Å². The molecule has 0 bridgehead atoms. The van der Waals surface area contributed by atoms with Crippen molar-refractivity contribution in [3.63, 3.8) is 0 Å². The fourth-order valence-electron chi connectivity index (χ4n) is 1.67. The van der Waals surface area contributed by atoms with E-state index < -0.39 is 0 Å². The van der Waals surface area contributed by atoms with Gasteiger partial charge in [-0.05, 0) is 30.4 Å². The van der Waals surface area contributed by atoms with Crippen LogP contribution in [0.15, 0.2) is 28.5 Å². The van der Waals surface area contributed by atoms with Crippen LogP contribution < -0.4 is 5.56 Å². The Balaban J connectivity index is 2.16. The Kier molecular flexibility index (Phi) is 3.37. The Morgan fingerprint density at radius 2 is 2.25 bits per heavy atom. The van der Waals surface area contributed by atoms with Gasteiger partial charge in [-0.2, -0.15) is 5.26 Å². The van der Waals surface area contributed by atoms with Gasteiger partial charge in [-0.1, -0.05) is 0 Å². The zero-order valence-electron chi connectivity index (χ0n) is 8.85. The standard InChI is InChI=1S/C12H12N2OS/c13-6-2-1-3-7-14-8-4-11-10(12(14)15)5-9-16-11/h4-5,8-9H,1-3,7H2. The highest BCUT2D eigenvalue weighted by atomic mass is 32.1. The van der Waals surface area contributed by atoms with Crippen molar-refractivity contribution < 1.29 is 0 Å². The molecular weight excluding hydrogens is 220 g/mol. The summed E-state index contributed by atoms with van der Waals surface area (Å²) >= 11 is 1.59. The lowest BCUT2D eigenvalue weighted by Gasteiger charge is -2.04. The quantitative estimate of drug-likeness (QED) is 0.761. The first kappa shape index (κ1) is 10.9. The Hall–Kier alpha value is -1.60. The second-order valence-electron chi connectivity index (χ2n) is 3.63. The third-order valence-corrected chi connectivity index (χ3v) is 3.41. The fourth-order valence-corrected chi connectivity index (χ4v) is 2.44. The summed E-state index contributed by atoms with van der Waals surface area (Å²) in [6, 6.07) is 5.96. The summed E-state index contributed by atoms with van der Waals surface area (Å²) in [6.45, 7) is 0.701. The van der Waals surface area contributed by atoms with Gasteiger partial charge in [0.1, 0.15) is 0 Å². The highest BCUT2D eigenvalue weighted by Gasteiger charge is 2.02. The second-order valence-corrected chi connectivity index (χ2v) is 4.58. The van der Waals surface area contributed by atoms with Crippen LogP contribution in [0, 0.1) is 11.3 Å². The predicted octanol–water partition coefficient (Wildman–Crippen LogP) is 2.76. The van der Waals surface area contributed by atoms with Crippen LogP contribution in [0.2, 0.25) is 0 Å². The maximum Gasteiger partial charge on any atom is 0.259 e. The largest absolute Gasteiger partial charge is 0.315 e. The molecule has 0 fully saturated rings. The number of hydrogen-bond donors (Lipinski definition) is 0. The zero-order valence-corrected chi connectivity index (χ0v) is 9.67. The number of thiophene rings is 1. The van der Waals surface area contributed by atoms with Gasteiger partial charge in [0.15, 0.2) is 0 Å². The number of aromatic nitrogens is 1. The van der Waals surface area contributed by atoms with Crippen LogP contribution in [0.1, 0.15) is 19.3 Å². The Labute approximate surface area is 97.6 Å². The zero-order chi connectivity index (χ0) is 11.4. The van der Waals surface area contributed by atoms with E-state index in [1.54, 1.807) is 15.9 Å². The molecule has 2 heterocycles. The lowest BCUT2D eigenvalue weighted by molar-refractivity contribution is 0.603. The third kappa shape index (κ3) is 2.15. The minimum absolute atomic E-state index is 0.0794. The van der Waals surface area contributed by atoms with E-state index in [1.807, 2.05) is 23.7 Å². The number of unbranched alkanes of at least 4 members (excludes halogenated alkanes) is 2. The van der Waals surface area contributed by atoms with Crippen LogP contribution in [-0.4, -0.2) is 4.57 Å². The lowest BCUT2D eigenvalue weighted by atomic mass is 10.2. The van der Waals surface area contributed by atoms with Crippen molar-refractivity contribution in [3.8, 4) is 6.07 Å². The van der Waals surface area contributed by atoms with Crippen LogP contribution in [0.25, 0.3) is 10.1 Å². The van der Waals surface area contributed by atoms with E-state index in [0.29, 0.717) is 13.0 Å². The number of nitriles is 1. The average Bonchev–Trinajstić information content (AvgIpc) is 2.76. The van der Waals surface area contributed by atoms with E-state index in [2.05, 4.69) is 6.07 Å².